The van der Waals surface area contributed by atoms with Gasteiger partial charge in [0.25, 0.3) is 0 Å². The third-order valence-corrected chi connectivity index (χ3v) is 3.19. The molecule has 0 aromatic rings. The van der Waals surface area contributed by atoms with Crippen molar-refractivity contribution in [1.82, 2.24) is 5.32 Å². The van der Waals surface area contributed by atoms with Crippen LogP contribution in [0.2, 0.25) is 0 Å². The molecule has 0 amide bonds. The number of carbonyl (C=O) groups is 2. The number of hydrogen-bond acceptors (Lipinski definition) is 4. The monoisotopic (exact) mass is 287 g/mol. The number of aliphatic carboxylic acids is 1. The highest BCUT2D eigenvalue weighted by Crippen LogP contribution is 2.39. The number of carboxylic acids is 1. The highest BCUT2D eigenvalue weighted by molar-refractivity contribution is 5.76. The summed E-state index contributed by atoms with van der Waals surface area (Å²) in [5.74, 6) is -0.794. The third-order valence-electron chi connectivity index (χ3n) is 3.19. The average Bonchev–Trinajstić information content (AvgIpc) is 2.24. The second kappa shape index (κ2) is 8.95. The first-order valence-electron chi connectivity index (χ1n) is 7.20. The molecule has 0 heterocycles. The first-order valence-corrected chi connectivity index (χ1v) is 7.20. The van der Waals surface area contributed by atoms with Crippen LogP contribution in [-0.2, 0) is 14.3 Å². The summed E-state index contributed by atoms with van der Waals surface area (Å²) in [6.45, 7) is 6.53. The van der Waals surface area contributed by atoms with E-state index in [2.05, 4.69) is 26.1 Å². The molecule has 1 fully saturated rings. The van der Waals surface area contributed by atoms with E-state index < -0.39 is 5.97 Å². The van der Waals surface area contributed by atoms with Crippen molar-refractivity contribution in [3.63, 3.8) is 0 Å². The molecule has 0 aromatic heterocycles. The number of ether oxygens (including phenoxy) is 1. The van der Waals surface area contributed by atoms with Gasteiger partial charge in [-0.05, 0) is 44.7 Å². The van der Waals surface area contributed by atoms with Crippen LogP contribution in [0.4, 0.5) is 0 Å². The highest BCUT2D eigenvalue weighted by Gasteiger charge is 2.33. The SMILES string of the molecule is CC1CC(OC(=O)CCC(=O)O)CC(C)(C)C1.CNC. The predicted octanol–water partition coefficient (Wildman–Crippen LogP) is 2.44. The summed E-state index contributed by atoms with van der Waals surface area (Å²) in [5, 5.41) is 11.2. The minimum atomic E-state index is -0.959. The van der Waals surface area contributed by atoms with E-state index in [1.54, 1.807) is 0 Å². The Morgan fingerprint density at radius 2 is 1.80 bits per heavy atom. The largest absolute Gasteiger partial charge is 0.481 e. The van der Waals surface area contributed by atoms with Crippen LogP contribution in [0, 0.1) is 11.3 Å². The molecule has 0 saturated heterocycles. The molecule has 2 unspecified atom stereocenters. The van der Waals surface area contributed by atoms with Crippen molar-refractivity contribution in [2.45, 2.75) is 59.0 Å². The molecule has 20 heavy (non-hydrogen) atoms. The van der Waals surface area contributed by atoms with E-state index in [-0.39, 0.29) is 30.3 Å². The quantitative estimate of drug-likeness (QED) is 0.777. The Hall–Kier alpha value is -1.10. The zero-order valence-electron chi connectivity index (χ0n) is 13.4. The van der Waals surface area contributed by atoms with Crippen molar-refractivity contribution in [1.29, 1.82) is 0 Å². The van der Waals surface area contributed by atoms with Gasteiger partial charge in [0, 0.05) is 0 Å². The molecule has 1 saturated carbocycles. The normalized spacial score (nSPS) is 24.2. The van der Waals surface area contributed by atoms with E-state index in [0.29, 0.717) is 5.92 Å². The van der Waals surface area contributed by atoms with E-state index in [9.17, 15) is 9.59 Å². The standard InChI is InChI=1S/C13H22O4.C2H7N/c1-9-6-10(8-13(2,3)7-9)17-12(16)5-4-11(14)15;1-3-2/h9-10H,4-8H2,1-3H3,(H,14,15);3H,1-2H3. The first kappa shape index (κ1) is 18.9. The molecule has 0 radical (unpaired) electrons. The number of esters is 1. The van der Waals surface area contributed by atoms with E-state index in [4.69, 9.17) is 9.84 Å². The Morgan fingerprint density at radius 3 is 2.25 bits per heavy atom. The molecular weight excluding hydrogens is 258 g/mol. The molecule has 0 spiro atoms. The Morgan fingerprint density at radius 1 is 1.25 bits per heavy atom. The molecule has 0 aliphatic heterocycles. The first-order chi connectivity index (χ1) is 9.20. The number of nitrogens with one attached hydrogen (secondary N) is 1. The maximum atomic E-state index is 11.4. The fraction of sp³-hybridized carbons (Fsp3) is 0.867. The van der Waals surface area contributed by atoms with Crippen molar-refractivity contribution in [2.75, 3.05) is 14.1 Å². The summed E-state index contributed by atoms with van der Waals surface area (Å²) in [6.07, 6.45) is 2.69. The van der Waals surface area contributed by atoms with Gasteiger partial charge in [-0.15, -0.1) is 0 Å². The minimum Gasteiger partial charge on any atom is -0.481 e. The van der Waals surface area contributed by atoms with Gasteiger partial charge in [-0.2, -0.15) is 0 Å². The van der Waals surface area contributed by atoms with Gasteiger partial charge in [-0.25, -0.2) is 0 Å². The fourth-order valence-electron chi connectivity index (χ4n) is 2.80. The van der Waals surface area contributed by atoms with Crippen LogP contribution in [0.5, 0.6) is 0 Å². The van der Waals surface area contributed by atoms with Crippen LogP contribution in [0.1, 0.15) is 52.9 Å². The van der Waals surface area contributed by atoms with Gasteiger partial charge >= 0.3 is 11.9 Å². The van der Waals surface area contributed by atoms with Crippen LogP contribution >= 0.6 is 0 Å². The van der Waals surface area contributed by atoms with Crippen molar-refractivity contribution in [2.24, 2.45) is 11.3 Å². The summed E-state index contributed by atoms with van der Waals surface area (Å²) in [5.41, 5.74) is 0.204. The summed E-state index contributed by atoms with van der Waals surface area (Å²) in [6, 6.07) is 0. The van der Waals surface area contributed by atoms with Gasteiger partial charge in [0.15, 0.2) is 0 Å². The summed E-state index contributed by atoms with van der Waals surface area (Å²) < 4.78 is 5.35. The zero-order chi connectivity index (χ0) is 15.8. The minimum absolute atomic E-state index is 0.0271. The molecule has 118 valence electrons. The van der Waals surface area contributed by atoms with Gasteiger partial charge in [-0.1, -0.05) is 20.8 Å². The fourth-order valence-corrected chi connectivity index (χ4v) is 2.80. The Labute approximate surface area is 122 Å². The second-order valence-corrected chi connectivity index (χ2v) is 6.42. The van der Waals surface area contributed by atoms with E-state index in [1.165, 1.54) is 0 Å². The lowest BCUT2D eigenvalue weighted by Crippen LogP contribution is -2.34. The molecule has 1 aliphatic carbocycles. The van der Waals surface area contributed by atoms with Crippen molar-refractivity contribution >= 4 is 11.9 Å². The maximum absolute atomic E-state index is 11.4. The molecule has 5 heteroatoms. The topological polar surface area (TPSA) is 75.6 Å². The maximum Gasteiger partial charge on any atom is 0.306 e. The van der Waals surface area contributed by atoms with Gasteiger partial charge < -0.3 is 15.2 Å². The van der Waals surface area contributed by atoms with Crippen LogP contribution in [0.15, 0.2) is 0 Å². The second-order valence-electron chi connectivity index (χ2n) is 6.42. The van der Waals surface area contributed by atoms with E-state index in [1.807, 2.05) is 14.1 Å². The highest BCUT2D eigenvalue weighted by atomic mass is 16.5. The van der Waals surface area contributed by atoms with Crippen LogP contribution in [-0.4, -0.2) is 37.2 Å². The number of rotatable bonds is 4. The van der Waals surface area contributed by atoms with Gasteiger partial charge in [0.05, 0.1) is 12.8 Å². The lowest BCUT2D eigenvalue weighted by molar-refractivity contribution is -0.155. The molecule has 2 N–H and O–H groups in total. The molecule has 2 atom stereocenters. The zero-order valence-corrected chi connectivity index (χ0v) is 13.4. The van der Waals surface area contributed by atoms with Crippen LogP contribution in [0.25, 0.3) is 0 Å². The van der Waals surface area contributed by atoms with Crippen LogP contribution in [0.3, 0.4) is 0 Å². The number of hydrogen-bond donors (Lipinski definition) is 2. The number of carbonyl (C=O) groups excluding carboxylic acids is 1. The average molecular weight is 287 g/mol. The molecule has 0 bridgehead atoms. The lowest BCUT2D eigenvalue weighted by Gasteiger charge is -2.38. The van der Waals surface area contributed by atoms with Crippen LogP contribution < -0.4 is 5.32 Å². The Kier molecular flexibility index (Phi) is 8.46. The van der Waals surface area contributed by atoms with Crippen molar-refractivity contribution in [3.05, 3.63) is 0 Å². The summed E-state index contributed by atoms with van der Waals surface area (Å²) in [7, 11) is 3.75. The summed E-state index contributed by atoms with van der Waals surface area (Å²) >= 11 is 0. The Bertz CT molecular complexity index is 315. The van der Waals surface area contributed by atoms with Gasteiger partial charge in [0.1, 0.15) is 6.10 Å². The third kappa shape index (κ3) is 8.91. The molecule has 1 aliphatic rings. The molecule has 0 aromatic carbocycles. The molecule has 5 nitrogen and oxygen atoms in total. The predicted molar refractivity (Wildman–Crippen MR) is 78.5 cm³/mol. The van der Waals surface area contributed by atoms with Gasteiger partial charge in [-0.3, -0.25) is 9.59 Å². The van der Waals surface area contributed by atoms with E-state index >= 15 is 0 Å². The van der Waals surface area contributed by atoms with Crippen molar-refractivity contribution < 1.29 is 19.4 Å². The molecular formula is C15H29NO4. The number of carboxylic acid groups (broad SMARTS) is 1. The summed E-state index contributed by atoms with van der Waals surface area (Å²) in [4.78, 5) is 21.8. The van der Waals surface area contributed by atoms with E-state index in [0.717, 1.165) is 19.3 Å². The molecule has 1 rings (SSSR count). The Balaban J connectivity index is 0.00000110. The van der Waals surface area contributed by atoms with Crippen molar-refractivity contribution in [3.8, 4) is 0 Å². The lowest BCUT2D eigenvalue weighted by atomic mass is 9.71. The van der Waals surface area contributed by atoms with Gasteiger partial charge in [0.2, 0.25) is 0 Å². The smallest absolute Gasteiger partial charge is 0.306 e.